The van der Waals surface area contributed by atoms with Crippen LogP contribution in [0.25, 0.3) is 0 Å². The first-order chi connectivity index (χ1) is 4.33. The van der Waals surface area contributed by atoms with E-state index in [1.165, 1.54) is 0 Å². The highest BCUT2D eigenvalue weighted by atomic mass is 16.1. The van der Waals surface area contributed by atoms with Crippen LogP contribution in [0.2, 0.25) is 0 Å². The monoisotopic (exact) mass is 120 g/mol. The first-order valence-electron chi connectivity index (χ1n) is 2.97. The minimum atomic E-state index is 0.0613. The van der Waals surface area contributed by atoms with Gasteiger partial charge < -0.3 is 0 Å². The maximum Gasteiger partial charge on any atom is 0.138 e. The zero-order valence-electron chi connectivity index (χ0n) is 5.13. The van der Waals surface area contributed by atoms with Gasteiger partial charge in [-0.3, -0.25) is 4.79 Å². The van der Waals surface area contributed by atoms with Crippen molar-refractivity contribution in [2.24, 2.45) is 5.92 Å². The number of carbonyl (C=O) groups is 1. The lowest BCUT2D eigenvalue weighted by molar-refractivity contribution is -0.118. The van der Waals surface area contributed by atoms with Crippen molar-refractivity contribution < 1.29 is 4.79 Å². The van der Waals surface area contributed by atoms with E-state index in [1.54, 1.807) is 0 Å². The van der Waals surface area contributed by atoms with Crippen molar-refractivity contribution in [3.05, 3.63) is 12.2 Å². The van der Waals surface area contributed by atoms with Crippen molar-refractivity contribution in [3.8, 4) is 12.3 Å². The number of carbonyl (C=O) groups excluding carboxylic acids is 1. The van der Waals surface area contributed by atoms with Crippen LogP contribution in [0.15, 0.2) is 12.2 Å². The van der Waals surface area contributed by atoms with E-state index in [-0.39, 0.29) is 11.7 Å². The molecular weight excluding hydrogens is 112 g/mol. The maximum absolute atomic E-state index is 10.7. The van der Waals surface area contributed by atoms with Gasteiger partial charge in [0.2, 0.25) is 0 Å². The van der Waals surface area contributed by atoms with Gasteiger partial charge in [-0.15, -0.1) is 6.42 Å². The van der Waals surface area contributed by atoms with Gasteiger partial charge in [0.1, 0.15) is 5.78 Å². The van der Waals surface area contributed by atoms with Crippen molar-refractivity contribution in [1.29, 1.82) is 0 Å². The molecule has 0 fully saturated rings. The number of hydrogen-bond donors (Lipinski definition) is 0. The second kappa shape index (κ2) is 2.50. The Labute approximate surface area is 54.8 Å². The zero-order valence-corrected chi connectivity index (χ0v) is 5.13. The van der Waals surface area contributed by atoms with E-state index in [0.717, 1.165) is 0 Å². The number of ketones is 1. The summed E-state index contributed by atoms with van der Waals surface area (Å²) in [5, 5.41) is 0. The SMILES string of the molecule is C#CC1C=CCC(=O)C1. The first-order valence-corrected chi connectivity index (χ1v) is 2.97. The summed E-state index contributed by atoms with van der Waals surface area (Å²) in [6.45, 7) is 0. The van der Waals surface area contributed by atoms with Crippen LogP contribution in [0.5, 0.6) is 0 Å². The largest absolute Gasteiger partial charge is 0.299 e. The Hall–Kier alpha value is -1.03. The summed E-state index contributed by atoms with van der Waals surface area (Å²) in [6, 6.07) is 0. The molecule has 0 N–H and O–H groups in total. The van der Waals surface area contributed by atoms with E-state index >= 15 is 0 Å². The lowest BCUT2D eigenvalue weighted by atomic mass is 9.96. The zero-order chi connectivity index (χ0) is 6.69. The topological polar surface area (TPSA) is 17.1 Å². The predicted octanol–water partition coefficient (Wildman–Crippen LogP) is 1.15. The summed E-state index contributed by atoms with van der Waals surface area (Å²) in [7, 11) is 0. The van der Waals surface area contributed by atoms with Crippen molar-refractivity contribution in [2.75, 3.05) is 0 Å². The molecule has 0 saturated heterocycles. The Morgan fingerprint density at radius 1 is 1.78 bits per heavy atom. The molecule has 1 heteroatoms. The fraction of sp³-hybridized carbons (Fsp3) is 0.375. The van der Waals surface area contributed by atoms with Gasteiger partial charge in [-0.1, -0.05) is 18.1 Å². The van der Waals surface area contributed by atoms with Crippen molar-refractivity contribution in [3.63, 3.8) is 0 Å². The minimum absolute atomic E-state index is 0.0613. The highest BCUT2D eigenvalue weighted by Gasteiger charge is 2.10. The number of terminal acetylenes is 1. The molecule has 0 aromatic heterocycles. The summed E-state index contributed by atoms with van der Waals surface area (Å²) in [5.41, 5.74) is 0. The van der Waals surface area contributed by atoms with Crippen molar-refractivity contribution >= 4 is 5.78 Å². The normalized spacial score (nSPS) is 25.7. The highest BCUT2D eigenvalue weighted by molar-refractivity contribution is 5.81. The van der Waals surface area contributed by atoms with Gasteiger partial charge in [0.25, 0.3) is 0 Å². The smallest absolute Gasteiger partial charge is 0.138 e. The average molecular weight is 120 g/mol. The molecule has 0 aromatic rings. The fourth-order valence-electron chi connectivity index (χ4n) is 0.875. The Balaban J connectivity index is 2.62. The van der Waals surface area contributed by atoms with Crippen LogP contribution in [0.1, 0.15) is 12.8 Å². The second-order valence-corrected chi connectivity index (χ2v) is 2.15. The van der Waals surface area contributed by atoms with Gasteiger partial charge in [-0.25, -0.2) is 0 Å². The predicted molar refractivity (Wildman–Crippen MR) is 35.7 cm³/mol. The summed E-state index contributed by atoms with van der Waals surface area (Å²) in [4.78, 5) is 10.7. The first kappa shape index (κ1) is 6.10. The molecule has 0 heterocycles. The Kier molecular flexibility index (Phi) is 1.69. The molecule has 1 atom stereocenters. The van der Waals surface area contributed by atoms with Gasteiger partial charge in [-0.2, -0.15) is 0 Å². The third-order valence-electron chi connectivity index (χ3n) is 1.38. The van der Waals surface area contributed by atoms with E-state index < -0.39 is 0 Å². The summed E-state index contributed by atoms with van der Waals surface area (Å²) in [5.74, 6) is 2.84. The lowest BCUT2D eigenvalue weighted by Gasteiger charge is -2.07. The average Bonchev–Trinajstić information content (AvgIpc) is 1.88. The third kappa shape index (κ3) is 1.43. The maximum atomic E-state index is 10.7. The number of hydrogen-bond acceptors (Lipinski definition) is 1. The van der Waals surface area contributed by atoms with Crippen LogP contribution in [-0.4, -0.2) is 5.78 Å². The van der Waals surface area contributed by atoms with Crippen molar-refractivity contribution in [2.45, 2.75) is 12.8 Å². The van der Waals surface area contributed by atoms with E-state index in [2.05, 4.69) is 5.92 Å². The van der Waals surface area contributed by atoms with Gasteiger partial charge in [0.05, 0.1) is 0 Å². The minimum Gasteiger partial charge on any atom is -0.299 e. The van der Waals surface area contributed by atoms with Crippen LogP contribution in [-0.2, 0) is 4.79 Å². The summed E-state index contributed by atoms with van der Waals surface area (Å²) < 4.78 is 0. The quantitative estimate of drug-likeness (QED) is 0.346. The standard InChI is InChI=1S/C8H8O/c1-2-7-4-3-5-8(9)6-7/h1,3-4,7H,5-6H2. The Bertz CT molecular complexity index is 183. The van der Waals surface area contributed by atoms with E-state index in [0.29, 0.717) is 12.8 Å². The van der Waals surface area contributed by atoms with Gasteiger partial charge in [0.15, 0.2) is 0 Å². The Morgan fingerprint density at radius 2 is 2.56 bits per heavy atom. The molecule has 0 bridgehead atoms. The van der Waals surface area contributed by atoms with Gasteiger partial charge in [0, 0.05) is 18.8 Å². The molecule has 0 spiro atoms. The molecule has 0 aromatic carbocycles. The second-order valence-electron chi connectivity index (χ2n) is 2.15. The molecule has 0 amide bonds. The molecule has 1 aliphatic carbocycles. The van der Waals surface area contributed by atoms with Crippen LogP contribution in [0.3, 0.4) is 0 Å². The van der Waals surface area contributed by atoms with Crippen LogP contribution in [0, 0.1) is 18.3 Å². The van der Waals surface area contributed by atoms with Crippen LogP contribution in [0.4, 0.5) is 0 Å². The molecule has 1 rings (SSSR count). The number of allylic oxidation sites excluding steroid dienone is 2. The summed E-state index contributed by atoms with van der Waals surface area (Å²) in [6.07, 6.45) is 9.98. The molecule has 9 heavy (non-hydrogen) atoms. The number of rotatable bonds is 0. The van der Waals surface area contributed by atoms with E-state index in [1.807, 2.05) is 12.2 Å². The van der Waals surface area contributed by atoms with Crippen LogP contribution >= 0.6 is 0 Å². The molecule has 1 unspecified atom stereocenters. The highest BCUT2D eigenvalue weighted by Crippen LogP contribution is 2.12. The molecule has 1 nitrogen and oxygen atoms in total. The third-order valence-corrected chi connectivity index (χ3v) is 1.38. The molecule has 1 aliphatic rings. The molecule has 0 saturated carbocycles. The summed E-state index contributed by atoms with van der Waals surface area (Å²) >= 11 is 0. The molecule has 46 valence electrons. The van der Waals surface area contributed by atoms with Crippen molar-refractivity contribution in [1.82, 2.24) is 0 Å². The van der Waals surface area contributed by atoms with E-state index in [4.69, 9.17) is 6.42 Å². The Morgan fingerprint density at radius 3 is 3.00 bits per heavy atom. The van der Waals surface area contributed by atoms with Crippen LogP contribution < -0.4 is 0 Å². The van der Waals surface area contributed by atoms with Gasteiger partial charge in [-0.05, 0) is 0 Å². The molecular formula is C8H8O. The fourth-order valence-corrected chi connectivity index (χ4v) is 0.875. The van der Waals surface area contributed by atoms with Gasteiger partial charge >= 0.3 is 0 Å². The number of Topliss-reactive ketones (excluding diaryl/α,β-unsaturated/α-hetero) is 1. The molecule has 0 aliphatic heterocycles. The lowest BCUT2D eigenvalue weighted by Crippen LogP contribution is -2.07. The molecule has 0 radical (unpaired) electrons. The van der Waals surface area contributed by atoms with E-state index in [9.17, 15) is 4.79 Å².